The lowest BCUT2D eigenvalue weighted by atomic mass is 9.61. The minimum absolute atomic E-state index is 0.180. The Bertz CT molecular complexity index is 772. The average Bonchev–Trinajstić information content (AvgIpc) is 2.95. The molecule has 4 fully saturated rings. The van der Waals surface area contributed by atoms with Crippen LogP contribution in [0.25, 0.3) is 0 Å². The van der Waals surface area contributed by atoms with Gasteiger partial charge in [-0.1, -0.05) is 12.7 Å². The summed E-state index contributed by atoms with van der Waals surface area (Å²) in [6.07, 6.45) is 4.11. The molecule has 5 aliphatic rings. The number of hydrogen-bond acceptors (Lipinski definition) is 5. The van der Waals surface area contributed by atoms with E-state index in [0.717, 1.165) is 0 Å². The van der Waals surface area contributed by atoms with Crippen LogP contribution in [0.3, 0.4) is 0 Å². The van der Waals surface area contributed by atoms with Crippen LogP contribution in [0.4, 0.5) is 0 Å². The molecular formula is C19H22O6. The van der Waals surface area contributed by atoms with Crippen molar-refractivity contribution in [2.75, 3.05) is 0 Å². The number of rotatable bonds is 1. The summed E-state index contributed by atoms with van der Waals surface area (Å²) < 4.78 is 5.87. The topological polar surface area (TPSA) is 104 Å². The van der Waals surface area contributed by atoms with E-state index in [1.165, 1.54) is 0 Å². The Labute approximate surface area is 145 Å². The van der Waals surface area contributed by atoms with Gasteiger partial charge in [-0.05, 0) is 49.7 Å². The summed E-state index contributed by atoms with van der Waals surface area (Å²) in [6, 6.07) is 0. The molecule has 1 spiro atoms. The summed E-state index contributed by atoms with van der Waals surface area (Å²) >= 11 is 0. The van der Waals surface area contributed by atoms with E-state index in [2.05, 4.69) is 6.58 Å². The molecule has 134 valence electrons. The van der Waals surface area contributed by atoms with Gasteiger partial charge < -0.3 is 20.1 Å². The Morgan fingerprint density at radius 2 is 2.16 bits per heavy atom. The second-order valence-electron chi connectivity index (χ2n) is 8.94. The third-order valence-electron chi connectivity index (χ3n) is 8.12. The van der Waals surface area contributed by atoms with Crippen molar-refractivity contribution in [1.29, 1.82) is 0 Å². The molecule has 0 amide bonds. The quantitative estimate of drug-likeness (QED) is 0.484. The predicted molar refractivity (Wildman–Crippen MR) is 85.2 cm³/mol. The van der Waals surface area contributed by atoms with Crippen molar-refractivity contribution in [3.63, 3.8) is 0 Å². The minimum atomic E-state index is -1.27. The molecule has 3 saturated carbocycles. The van der Waals surface area contributed by atoms with Crippen LogP contribution >= 0.6 is 0 Å². The van der Waals surface area contributed by atoms with Crippen LogP contribution < -0.4 is 0 Å². The van der Waals surface area contributed by atoms with Gasteiger partial charge in [0.1, 0.15) is 11.0 Å². The van der Waals surface area contributed by atoms with Crippen molar-refractivity contribution in [2.45, 2.75) is 49.9 Å². The van der Waals surface area contributed by atoms with Gasteiger partial charge in [-0.2, -0.15) is 0 Å². The molecule has 1 heterocycles. The van der Waals surface area contributed by atoms with Crippen LogP contribution in [0.2, 0.25) is 0 Å². The number of carboxylic acid groups (broad SMARTS) is 1. The molecule has 1 aliphatic heterocycles. The Balaban J connectivity index is 1.78. The van der Waals surface area contributed by atoms with Gasteiger partial charge >= 0.3 is 11.9 Å². The van der Waals surface area contributed by atoms with Gasteiger partial charge in [-0.3, -0.25) is 9.59 Å². The highest BCUT2D eigenvalue weighted by molar-refractivity contribution is 5.86. The first kappa shape index (κ1) is 15.6. The molecule has 4 aliphatic carbocycles. The highest BCUT2D eigenvalue weighted by Crippen LogP contribution is 2.77. The van der Waals surface area contributed by atoms with Gasteiger partial charge in [0.15, 0.2) is 0 Å². The number of carbonyl (C=O) groups excluding carboxylic acids is 1. The molecule has 1 saturated heterocycles. The largest absolute Gasteiger partial charge is 0.481 e. The number of fused-ring (bicyclic) bond motifs is 1. The van der Waals surface area contributed by atoms with E-state index in [0.29, 0.717) is 31.3 Å². The molecule has 6 nitrogen and oxygen atoms in total. The Morgan fingerprint density at radius 1 is 1.44 bits per heavy atom. The third-order valence-corrected chi connectivity index (χ3v) is 8.12. The van der Waals surface area contributed by atoms with Crippen LogP contribution in [0, 0.1) is 28.6 Å². The molecule has 0 radical (unpaired) electrons. The van der Waals surface area contributed by atoms with Crippen molar-refractivity contribution in [3.8, 4) is 0 Å². The lowest BCUT2D eigenvalue weighted by molar-refractivity contribution is -0.163. The highest BCUT2D eigenvalue weighted by atomic mass is 16.6. The van der Waals surface area contributed by atoms with E-state index in [1.807, 2.05) is 0 Å². The van der Waals surface area contributed by atoms with Gasteiger partial charge in [0.25, 0.3) is 0 Å². The monoisotopic (exact) mass is 346 g/mol. The zero-order valence-electron chi connectivity index (χ0n) is 14.1. The molecule has 3 N–H and O–H groups in total. The van der Waals surface area contributed by atoms with Crippen molar-refractivity contribution >= 4 is 11.9 Å². The van der Waals surface area contributed by atoms with Gasteiger partial charge in [0.05, 0.1) is 17.6 Å². The second-order valence-corrected chi connectivity index (χ2v) is 8.94. The molecule has 6 heteroatoms. The van der Waals surface area contributed by atoms with Gasteiger partial charge in [0.2, 0.25) is 0 Å². The van der Waals surface area contributed by atoms with Crippen molar-refractivity contribution in [1.82, 2.24) is 0 Å². The first-order valence-electron chi connectivity index (χ1n) is 8.86. The molecule has 4 bridgehead atoms. The van der Waals surface area contributed by atoms with E-state index in [4.69, 9.17) is 4.74 Å². The van der Waals surface area contributed by atoms with Crippen molar-refractivity contribution in [2.24, 2.45) is 28.6 Å². The van der Waals surface area contributed by atoms with E-state index in [1.54, 1.807) is 19.1 Å². The lowest BCUT2D eigenvalue weighted by Gasteiger charge is -2.44. The summed E-state index contributed by atoms with van der Waals surface area (Å²) in [5.74, 6) is -3.18. The molecule has 5 rings (SSSR count). The smallest absolute Gasteiger partial charge is 0.316 e. The van der Waals surface area contributed by atoms with E-state index >= 15 is 0 Å². The SMILES string of the molecule is C=C1C[C@]23C[C@@]1(O)CC[C@H]2C12C=CC(O)C(C)(C(=O)O1)[C@H]2C3C(=O)O. The van der Waals surface area contributed by atoms with Crippen LogP contribution in [-0.4, -0.2) is 44.6 Å². The average molecular weight is 346 g/mol. The number of aliphatic carboxylic acids is 1. The molecule has 0 aromatic carbocycles. The van der Waals surface area contributed by atoms with Gasteiger partial charge in [-0.15, -0.1) is 0 Å². The number of carbonyl (C=O) groups is 2. The number of esters is 1. The first-order valence-corrected chi connectivity index (χ1v) is 8.86. The van der Waals surface area contributed by atoms with Gasteiger partial charge in [-0.25, -0.2) is 0 Å². The van der Waals surface area contributed by atoms with Crippen LogP contribution in [0.5, 0.6) is 0 Å². The molecule has 0 aromatic rings. The van der Waals surface area contributed by atoms with E-state index in [9.17, 15) is 24.9 Å². The number of aliphatic hydroxyl groups excluding tert-OH is 1. The third kappa shape index (κ3) is 1.36. The van der Waals surface area contributed by atoms with Crippen molar-refractivity contribution in [3.05, 3.63) is 24.3 Å². The summed E-state index contributed by atoms with van der Waals surface area (Å²) in [5, 5.41) is 31.6. The van der Waals surface area contributed by atoms with E-state index in [-0.39, 0.29) is 5.92 Å². The maximum absolute atomic E-state index is 12.7. The summed E-state index contributed by atoms with van der Waals surface area (Å²) in [4.78, 5) is 25.1. The Hall–Kier alpha value is -1.66. The fourth-order valence-corrected chi connectivity index (χ4v) is 7.13. The Morgan fingerprint density at radius 3 is 2.84 bits per heavy atom. The number of carboxylic acids is 1. The zero-order chi connectivity index (χ0) is 18.0. The van der Waals surface area contributed by atoms with Crippen molar-refractivity contribution < 1.29 is 29.6 Å². The Kier molecular flexibility index (Phi) is 2.50. The number of ether oxygens (including phenoxy) is 1. The predicted octanol–water partition coefficient (Wildman–Crippen LogP) is 1.03. The summed E-state index contributed by atoms with van der Waals surface area (Å²) in [7, 11) is 0. The van der Waals surface area contributed by atoms with Crippen LogP contribution in [0.1, 0.15) is 32.6 Å². The number of hydrogen-bond donors (Lipinski definition) is 3. The lowest BCUT2D eigenvalue weighted by Crippen LogP contribution is -2.50. The molecule has 25 heavy (non-hydrogen) atoms. The first-order chi connectivity index (χ1) is 11.6. The van der Waals surface area contributed by atoms with Gasteiger partial charge in [0, 0.05) is 11.8 Å². The standard InChI is InChI=1S/C19H22O6/c1-9-7-17-8-18(9,24)5-3-10(17)19-6-4-11(20)16(2,15(23)25-19)13(19)12(17)14(21)22/h4,6,10-13,20,24H,1,3,5,7-8H2,2H3,(H,21,22)/t10-,11?,12?,13-,16?,17+,18+,19?/m1/s1. The molecule has 8 atom stereocenters. The zero-order valence-corrected chi connectivity index (χ0v) is 14.1. The molecule has 0 aromatic heterocycles. The fourth-order valence-electron chi connectivity index (χ4n) is 7.13. The van der Waals surface area contributed by atoms with Crippen LogP contribution in [-0.2, 0) is 14.3 Å². The molecule has 4 unspecified atom stereocenters. The van der Waals surface area contributed by atoms with Crippen LogP contribution in [0.15, 0.2) is 24.3 Å². The number of aliphatic hydroxyl groups is 2. The molecular weight excluding hydrogens is 324 g/mol. The highest BCUT2D eigenvalue weighted by Gasteiger charge is 2.83. The maximum Gasteiger partial charge on any atom is 0.316 e. The normalized spacial score (nSPS) is 58.0. The maximum atomic E-state index is 12.7. The minimum Gasteiger partial charge on any atom is -0.481 e. The fraction of sp³-hybridized carbons (Fsp3) is 0.684. The summed E-state index contributed by atoms with van der Waals surface area (Å²) in [6.45, 7) is 5.64. The summed E-state index contributed by atoms with van der Waals surface area (Å²) in [5.41, 5.74) is -3.29. The second kappa shape index (κ2) is 4.01. The van der Waals surface area contributed by atoms with E-state index < -0.39 is 51.9 Å².